The molecule has 0 amide bonds. The quantitative estimate of drug-likeness (QED) is 0.881. The largest absolute Gasteiger partial charge is 0.391 e. The van der Waals surface area contributed by atoms with E-state index >= 15 is 0 Å². The number of hydrogen-bond donors (Lipinski definition) is 1. The highest BCUT2D eigenvalue weighted by Gasteiger charge is 2.19. The number of rotatable bonds is 4. The monoisotopic (exact) mass is 249 g/mol. The highest BCUT2D eigenvalue weighted by Crippen LogP contribution is 2.11. The molecule has 1 saturated heterocycles. The Bertz CT molecular complexity index is 342. The fraction of sp³-hybridized carbons (Fsp3) is 0.600. The Labute approximate surface area is 109 Å². The Morgan fingerprint density at radius 1 is 1.33 bits per heavy atom. The predicted molar refractivity (Wildman–Crippen MR) is 72.6 cm³/mol. The molecule has 0 spiro atoms. The molecule has 0 saturated carbocycles. The Morgan fingerprint density at radius 3 is 2.89 bits per heavy atom. The fourth-order valence-electron chi connectivity index (χ4n) is 2.43. The lowest BCUT2D eigenvalue weighted by Gasteiger charge is -2.28. The molecule has 1 heterocycles. The van der Waals surface area contributed by atoms with Gasteiger partial charge in [0.1, 0.15) is 0 Å². The van der Waals surface area contributed by atoms with Crippen molar-refractivity contribution in [3.8, 4) is 0 Å². The molecule has 0 bridgehead atoms. The van der Waals surface area contributed by atoms with Crippen molar-refractivity contribution in [3.05, 3.63) is 35.9 Å². The summed E-state index contributed by atoms with van der Waals surface area (Å²) in [7, 11) is 0. The molecule has 1 aromatic rings. The third-order valence-corrected chi connectivity index (χ3v) is 3.59. The van der Waals surface area contributed by atoms with Crippen LogP contribution >= 0.6 is 0 Å². The Balaban J connectivity index is 1.84. The minimum atomic E-state index is -0.298. The molecule has 0 radical (unpaired) electrons. The van der Waals surface area contributed by atoms with Crippen LogP contribution in [0.2, 0.25) is 0 Å². The van der Waals surface area contributed by atoms with Crippen LogP contribution in [0, 0.1) is 0 Å². The second-order valence-electron chi connectivity index (χ2n) is 5.09. The van der Waals surface area contributed by atoms with Gasteiger partial charge in [-0.05, 0) is 25.3 Å². The summed E-state index contributed by atoms with van der Waals surface area (Å²) in [6.45, 7) is 5.49. The molecule has 0 aromatic heterocycles. The lowest BCUT2D eigenvalue weighted by Crippen LogP contribution is -2.40. The highest BCUT2D eigenvalue weighted by atomic mass is 16.5. The average Bonchev–Trinajstić information content (AvgIpc) is 2.56. The maximum Gasteiger partial charge on any atom is 0.0707 e. The maximum atomic E-state index is 10.2. The zero-order valence-corrected chi connectivity index (χ0v) is 11.1. The topological polar surface area (TPSA) is 32.7 Å². The molecule has 1 aliphatic heterocycles. The first kappa shape index (κ1) is 13.5. The van der Waals surface area contributed by atoms with Gasteiger partial charge in [-0.15, -0.1) is 0 Å². The second kappa shape index (κ2) is 6.88. The lowest BCUT2D eigenvalue weighted by molar-refractivity contribution is 0.0885. The van der Waals surface area contributed by atoms with E-state index in [9.17, 15) is 5.11 Å². The summed E-state index contributed by atoms with van der Waals surface area (Å²) in [6.07, 6.45) is 1.48. The molecule has 1 fully saturated rings. The minimum Gasteiger partial charge on any atom is -0.391 e. The number of hydrogen-bond acceptors (Lipinski definition) is 3. The molecule has 2 unspecified atom stereocenters. The van der Waals surface area contributed by atoms with Gasteiger partial charge in [-0.2, -0.15) is 0 Å². The number of benzene rings is 1. The van der Waals surface area contributed by atoms with Gasteiger partial charge in [0.25, 0.3) is 0 Å². The van der Waals surface area contributed by atoms with Gasteiger partial charge in [0.2, 0.25) is 0 Å². The van der Waals surface area contributed by atoms with E-state index in [2.05, 4.69) is 24.0 Å². The van der Waals surface area contributed by atoms with Crippen molar-refractivity contribution in [3.63, 3.8) is 0 Å². The molecule has 2 atom stereocenters. The minimum absolute atomic E-state index is 0.298. The average molecular weight is 249 g/mol. The Kier molecular flexibility index (Phi) is 5.17. The third kappa shape index (κ3) is 4.09. The maximum absolute atomic E-state index is 10.2. The summed E-state index contributed by atoms with van der Waals surface area (Å²) < 4.78 is 5.47. The van der Waals surface area contributed by atoms with Crippen LogP contribution in [0.15, 0.2) is 30.3 Å². The van der Waals surface area contributed by atoms with Crippen molar-refractivity contribution >= 4 is 0 Å². The van der Waals surface area contributed by atoms with Crippen molar-refractivity contribution in [2.75, 3.05) is 26.3 Å². The molecule has 100 valence electrons. The highest BCUT2D eigenvalue weighted by molar-refractivity contribution is 5.15. The van der Waals surface area contributed by atoms with E-state index in [0.29, 0.717) is 6.04 Å². The first-order valence-electron chi connectivity index (χ1n) is 6.79. The smallest absolute Gasteiger partial charge is 0.0707 e. The summed E-state index contributed by atoms with van der Waals surface area (Å²) >= 11 is 0. The van der Waals surface area contributed by atoms with Crippen molar-refractivity contribution in [2.45, 2.75) is 31.9 Å². The predicted octanol–water partition coefficient (Wildman–Crippen LogP) is 1.70. The van der Waals surface area contributed by atoms with Gasteiger partial charge in [-0.1, -0.05) is 30.3 Å². The van der Waals surface area contributed by atoms with Crippen LogP contribution in [0.4, 0.5) is 0 Å². The molecular formula is C15H23NO2. The number of aliphatic hydroxyl groups is 1. The normalized spacial score (nSPS) is 23.6. The van der Waals surface area contributed by atoms with Crippen LogP contribution in [0.1, 0.15) is 18.9 Å². The van der Waals surface area contributed by atoms with E-state index in [4.69, 9.17) is 4.74 Å². The van der Waals surface area contributed by atoms with E-state index < -0.39 is 0 Å². The zero-order chi connectivity index (χ0) is 12.8. The summed E-state index contributed by atoms with van der Waals surface area (Å²) in [5.41, 5.74) is 1.20. The number of nitrogens with zero attached hydrogens (tertiary/aromatic N) is 1. The van der Waals surface area contributed by atoms with Crippen molar-refractivity contribution in [2.24, 2.45) is 0 Å². The van der Waals surface area contributed by atoms with Crippen molar-refractivity contribution in [1.82, 2.24) is 4.90 Å². The van der Waals surface area contributed by atoms with Crippen LogP contribution in [0.5, 0.6) is 0 Å². The van der Waals surface area contributed by atoms with Gasteiger partial charge in [-0.3, -0.25) is 4.90 Å². The first-order valence-corrected chi connectivity index (χ1v) is 6.79. The van der Waals surface area contributed by atoms with Crippen LogP contribution in [-0.4, -0.2) is 48.5 Å². The van der Waals surface area contributed by atoms with Crippen LogP contribution in [-0.2, 0) is 11.2 Å². The van der Waals surface area contributed by atoms with Gasteiger partial charge in [-0.25, -0.2) is 0 Å². The molecule has 1 aromatic carbocycles. The Morgan fingerprint density at radius 2 is 2.11 bits per heavy atom. The zero-order valence-electron chi connectivity index (χ0n) is 11.1. The molecule has 3 heteroatoms. The molecule has 0 aliphatic carbocycles. The van der Waals surface area contributed by atoms with E-state index in [-0.39, 0.29) is 6.10 Å². The molecule has 1 aliphatic rings. The molecule has 3 nitrogen and oxygen atoms in total. The molecule has 2 rings (SSSR count). The molecule has 18 heavy (non-hydrogen) atoms. The summed E-state index contributed by atoms with van der Waals surface area (Å²) in [5, 5.41) is 10.2. The standard InChI is InChI=1S/C15H23NO2/c1-13-7-9-18-10-8-16(13)12-15(17)11-14-5-3-2-4-6-14/h2-6,13,15,17H,7-12H2,1H3. The number of β-amino-alcohol motifs (C(OH)–C–C–N with tert-alkyl or cyclic N) is 1. The molecular weight excluding hydrogens is 226 g/mol. The lowest BCUT2D eigenvalue weighted by atomic mass is 10.1. The second-order valence-corrected chi connectivity index (χ2v) is 5.09. The summed E-state index contributed by atoms with van der Waals surface area (Å²) in [6, 6.07) is 10.7. The van der Waals surface area contributed by atoms with Gasteiger partial charge in [0, 0.05) is 25.7 Å². The summed E-state index contributed by atoms with van der Waals surface area (Å²) in [5.74, 6) is 0. The van der Waals surface area contributed by atoms with Gasteiger partial charge in [0.15, 0.2) is 0 Å². The van der Waals surface area contributed by atoms with Gasteiger partial charge >= 0.3 is 0 Å². The molecule has 1 N–H and O–H groups in total. The van der Waals surface area contributed by atoms with E-state index in [1.165, 1.54) is 5.56 Å². The van der Waals surface area contributed by atoms with E-state index in [1.54, 1.807) is 0 Å². The van der Waals surface area contributed by atoms with Crippen molar-refractivity contribution < 1.29 is 9.84 Å². The van der Waals surface area contributed by atoms with Crippen LogP contribution in [0.3, 0.4) is 0 Å². The van der Waals surface area contributed by atoms with Gasteiger partial charge < -0.3 is 9.84 Å². The summed E-state index contributed by atoms with van der Waals surface area (Å²) in [4.78, 5) is 2.33. The van der Waals surface area contributed by atoms with Crippen molar-refractivity contribution in [1.29, 1.82) is 0 Å². The SMILES string of the molecule is CC1CCOCCN1CC(O)Cc1ccccc1. The fourth-order valence-corrected chi connectivity index (χ4v) is 2.43. The van der Waals surface area contributed by atoms with Crippen LogP contribution in [0.25, 0.3) is 0 Å². The van der Waals surface area contributed by atoms with Gasteiger partial charge in [0.05, 0.1) is 12.7 Å². The first-order chi connectivity index (χ1) is 8.75. The number of ether oxygens (including phenoxy) is 1. The van der Waals surface area contributed by atoms with E-state index in [0.717, 1.165) is 39.1 Å². The van der Waals surface area contributed by atoms with E-state index in [1.807, 2.05) is 18.2 Å². The van der Waals surface area contributed by atoms with Crippen LogP contribution < -0.4 is 0 Å². The third-order valence-electron chi connectivity index (χ3n) is 3.59. The number of aliphatic hydroxyl groups excluding tert-OH is 1. The Hall–Kier alpha value is -0.900.